The highest BCUT2D eigenvalue weighted by atomic mass is 32.1. The number of para-hydroxylation sites is 2. The van der Waals surface area contributed by atoms with Gasteiger partial charge in [-0.05, 0) is 42.9 Å². The Hall–Kier alpha value is -3.19. The number of nitrogens with one attached hydrogen (secondary N) is 1. The number of hydrogen-bond donors (Lipinski definition) is 1. The third kappa shape index (κ3) is 3.29. The van der Waals surface area contributed by atoms with E-state index in [4.69, 9.17) is 4.42 Å². The van der Waals surface area contributed by atoms with E-state index in [-0.39, 0.29) is 11.9 Å². The first-order valence-corrected chi connectivity index (χ1v) is 11.5. The van der Waals surface area contributed by atoms with Crippen molar-refractivity contribution in [3.8, 4) is 10.6 Å². The zero-order chi connectivity index (χ0) is 20.9. The molecule has 6 nitrogen and oxygen atoms in total. The van der Waals surface area contributed by atoms with Crippen LogP contribution in [0.2, 0.25) is 0 Å². The van der Waals surface area contributed by atoms with E-state index in [1.54, 1.807) is 0 Å². The number of hydrogen-bond acceptors (Lipinski definition) is 6. The largest absolute Gasteiger partial charge is 0.424 e. The van der Waals surface area contributed by atoms with Crippen LogP contribution in [0.25, 0.3) is 21.7 Å². The van der Waals surface area contributed by atoms with Crippen LogP contribution in [0.4, 0.5) is 6.01 Å². The standard InChI is InChI=1S/C24H22N4O2S/c1-14-6-2-3-7-16(14)22-26-19(13-31-22)23(29)28-12-15-10-17(15)20(28)11-25-24-27-18-8-4-5-9-21(18)30-24/h2-9,13,15,17,20H,10-12H2,1H3,(H,25,27)/t15-,17-,20-/m1/s1. The van der Waals surface area contributed by atoms with Crippen LogP contribution in [-0.2, 0) is 0 Å². The fourth-order valence-electron chi connectivity index (χ4n) is 4.66. The van der Waals surface area contributed by atoms with Gasteiger partial charge in [-0.1, -0.05) is 36.4 Å². The molecule has 2 fully saturated rings. The molecule has 0 spiro atoms. The highest BCUT2D eigenvalue weighted by molar-refractivity contribution is 7.13. The molecular formula is C24H22N4O2S. The molecule has 4 aromatic rings. The summed E-state index contributed by atoms with van der Waals surface area (Å²) in [6.45, 7) is 3.51. The minimum Gasteiger partial charge on any atom is -0.424 e. The van der Waals surface area contributed by atoms with E-state index in [1.807, 2.05) is 46.7 Å². The number of aryl methyl sites for hydroxylation is 1. The van der Waals surface area contributed by atoms with Crippen LogP contribution in [0, 0.1) is 18.8 Å². The van der Waals surface area contributed by atoms with E-state index in [2.05, 4.69) is 34.3 Å². The lowest BCUT2D eigenvalue weighted by atomic mass is 10.1. The molecule has 1 aliphatic carbocycles. The fraction of sp³-hybridized carbons (Fsp3) is 0.292. The number of rotatable bonds is 5. The summed E-state index contributed by atoms with van der Waals surface area (Å²) in [7, 11) is 0. The van der Waals surface area contributed by atoms with E-state index in [0.29, 0.717) is 30.1 Å². The number of amides is 1. The Morgan fingerprint density at radius 1 is 1.19 bits per heavy atom. The predicted molar refractivity (Wildman–Crippen MR) is 121 cm³/mol. The van der Waals surface area contributed by atoms with Crippen molar-refractivity contribution < 1.29 is 9.21 Å². The van der Waals surface area contributed by atoms with E-state index in [1.165, 1.54) is 23.3 Å². The number of aromatic nitrogens is 2. The van der Waals surface area contributed by atoms with E-state index in [0.717, 1.165) is 28.2 Å². The lowest BCUT2D eigenvalue weighted by Crippen LogP contribution is -2.42. The number of likely N-dealkylation sites (tertiary alicyclic amines) is 1. The number of piperidine rings is 1. The molecule has 1 amide bonds. The number of nitrogens with zero attached hydrogens (tertiary/aromatic N) is 3. The Balaban J connectivity index is 1.19. The van der Waals surface area contributed by atoms with Gasteiger partial charge in [0, 0.05) is 24.0 Å². The van der Waals surface area contributed by atoms with Gasteiger partial charge in [-0.15, -0.1) is 11.3 Å². The summed E-state index contributed by atoms with van der Waals surface area (Å²) in [6.07, 6.45) is 1.19. The summed E-state index contributed by atoms with van der Waals surface area (Å²) >= 11 is 1.53. The molecule has 1 N–H and O–H groups in total. The van der Waals surface area contributed by atoms with Crippen molar-refractivity contribution in [1.29, 1.82) is 0 Å². The van der Waals surface area contributed by atoms with Gasteiger partial charge < -0.3 is 14.6 Å². The Bertz CT molecular complexity index is 1250. The molecule has 31 heavy (non-hydrogen) atoms. The number of benzene rings is 2. The number of carbonyl (C=O) groups is 1. The Labute approximate surface area is 183 Å². The van der Waals surface area contributed by atoms with Crippen molar-refractivity contribution in [2.45, 2.75) is 19.4 Å². The minimum absolute atomic E-state index is 0.0210. The summed E-state index contributed by atoms with van der Waals surface area (Å²) in [5.41, 5.74) is 4.39. The monoisotopic (exact) mass is 430 g/mol. The summed E-state index contributed by atoms with van der Waals surface area (Å²) in [4.78, 5) is 24.5. The Morgan fingerprint density at radius 2 is 2.03 bits per heavy atom. The fourth-order valence-corrected chi connectivity index (χ4v) is 5.55. The van der Waals surface area contributed by atoms with Crippen molar-refractivity contribution in [3.63, 3.8) is 0 Å². The Kier molecular flexibility index (Phi) is 4.31. The van der Waals surface area contributed by atoms with Crippen LogP contribution in [0.3, 0.4) is 0 Å². The van der Waals surface area contributed by atoms with Crippen molar-refractivity contribution in [2.75, 3.05) is 18.4 Å². The second-order valence-corrected chi connectivity index (χ2v) is 9.26. The maximum Gasteiger partial charge on any atom is 0.295 e. The van der Waals surface area contributed by atoms with E-state index in [9.17, 15) is 4.79 Å². The SMILES string of the molecule is Cc1ccccc1-c1nc(C(=O)N2C[C@H]3C[C@H]3[C@H]2CNc2nc3ccccc3o2)cs1. The second kappa shape index (κ2) is 7.20. The quantitative estimate of drug-likeness (QED) is 0.491. The molecule has 2 aliphatic rings. The third-order valence-electron chi connectivity index (χ3n) is 6.42. The van der Waals surface area contributed by atoms with Crippen molar-refractivity contribution >= 4 is 34.4 Å². The molecule has 0 bridgehead atoms. The normalized spacial score (nSPS) is 22.0. The van der Waals surface area contributed by atoms with Crippen LogP contribution in [-0.4, -0.2) is 39.9 Å². The predicted octanol–water partition coefficient (Wildman–Crippen LogP) is 4.83. The third-order valence-corrected chi connectivity index (χ3v) is 7.29. The molecule has 0 unspecified atom stereocenters. The number of anilines is 1. The van der Waals surface area contributed by atoms with Crippen molar-refractivity contribution in [1.82, 2.24) is 14.9 Å². The van der Waals surface area contributed by atoms with Gasteiger partial charge in [-0.3, -0.25) is 4.79 Å². The average Bonchev–Trinajstić information content (AvgIpc) is 3.13. The van der Waals surface area contributed by atoms with E-state index >= 15 is 0 Å². The topological polar surface area (TPSA) is 71.3 Å². The Morgan fingerprint density at radius 3 is 2.90 bits per heavy atom. The van der Waals surface area contributed by atoms with Gasteiger partial charge in [0.05, 0.1) is 6.04 Å². The summed E-state index contributed by atoms with van der Waals surface area (Å²) in [5, 5.41) is 6.10. The molecule has 3 heterocycles. The molecule has 156 valence electrons. The first-order chi connectivity index (χ1) is 15.2. The molecule has 2 aromatic carbocycles. The first-order valence-electron chi connectivity index (χ1n) is 10.6. The molecule has 6 rings (SSSR count). The van der Waals surface area contributed by atoms with Gasteiger partial charge in [0.15, 0.2) is 5.58 Å². The van der Waals surface area contributed by atoms with Gasteiger partial charge in [0.2, 0.25) is 0 Å². The highest BCUT2D eigenvalue weighted by Crippen LogP contribution is 2.50. The van der Waals surface area contributed by atoms with Crippen LogP contribution in [0.1, 0.15) is 22.5 Å². The van der Waals surface area contributed by atoms with Crippen LogP contribution >= 0.6 is 11.3 Å². The summed E-state index contributed by atoms with van der Waals surface area (Å²) < 4.78 is 5.78. The lowest BCUT2D eigenvalue weighted by Gasteiger charge is -2.27. The first kappa shape index (κ1) is 18.6. The maximum absolute atomic E-state index is 13.3. The highest BCUT2D eigenvalue weighted by Gasteiger charge is 2.54. The van der Waals surface area contributed by atoms with Gasteiger partial charge in [-0.25, -0.2) is 4.98 Å². The van der Waals surface area contributed by atoms with Crippen molar-refractivity contribution in [3.05, 3.63) is 65.2 Å². The number of oxazole rings is 1. The molecular weight excluding hydrogens is 408 g/mol. The molecule has 3 atom stereocenters. The zero-order valence-corrected chi connectivity index (χ0v) is 17.9. The van der Waals surface area contributed by atoms with Gasteiger partial charge >= 0.3 is 0 Å². The van der Waals surface area contributed by atoms with Gasteiger partial charge in [0.25, 0.3) is 11.9 Å². The molecule has 1 saturated carbocycles. The van der Waals surface area contributed by atoms with Crippen LogP contribution in [0.5, 0.6) is 0 Å². The summed E-state index contributed by atoms with van der Waals surface area (Å²) in [5.74, 6) is 1.18. The van der Waals surface area contributed by atoms with Crippen LogP contribution in [0.15, 0.2) is 58.3 Å². The molecule has 1 aliphatic heterocycles. The molecule has 7 heteroatoms. The van der Waals surface area contributed by atoms with Crippen molar-refractivity contribution in [2.24, 2.45) is 11.8 Å². The molecule has 0 radical (unpaired) electrons. The molecule has 2 aromatic heterocycles. The van der Waals surface area contributed by atoms with E-state index < -0.39 is 0 Å². The van der Waals surface area contributed by atoms with Gasteiger partial charge in [0.1, 0.15) is 16.2 Å². The average molecular weight is 431 g/mol. The number of fused-ring (bicyclic) bond motifs is 2. The smallest absolute Gasteiger partial charge is 0.295 e. The second-order valence-electron chi connectivity index (χ2n) is 8.40. The van der Waals surface area contributed by atoms with Crippen LogP contribution < -0.4 is 5.32 Å². The number of carbonyl (C=O) groups excluding carboxylic acids is 1. The van der Waals surface area contributed by atoms with Gasteiger partial charge in [-0.2, -0.15) is 4.98 Å². The summed E-state index contributed by atoms with van der Waals surface area (Å²) in [6, 6.07) is 16.5. The number of thiazole rings is 1. The maximum atomic E-state index is 13.3. The molecule has 1 saturated heterocycles. The zero-order valence-electron chi connectivity index (χ0n) is 17.1. The lowest BCUT2D eigenvalue weighted by molar-refractivity contribution is 0.0710. The minimum atomic E-state index is 0.0210.